The minimum atomic E-state index is -0.195. The molecular formula is C15H18O2. The molecule has 2 aliphatic carbocycles. The normalized spacial score (nSPS) is 40.1. The average molecular weight is 230 g/mol. The van der Waals surface area contributed by atoms with Gasteiger partial charge < -0.3 is 4.74 Å². The lowest BCUT2D eigenvalue weighted by Crippen LogP contribution is -2.37. The fourth-order valence-electron chi connectivity index (χ4n) is 3.62. The van der Waals surface area contributed by atoms with Crippen molar-refractivity contribution in [2.45, 2.75) is 39.2 Å². The summed E-state index contributed by atoms with van der Waals surface area (Å²) in [6, 6.07) is 0. The third kappa shape index (κ3) is 1.36. The van der Waals surface area contributed by atoms with E-state index in [1.807, 2.05) is 0 Å². The van der Waals surface area contributed by atoms with E-state index in [1.165, 1.54) is 11.1 Å². The van der Waals surface area contributed by atoms with E-state index in [1.54, 1.807) is 0 Å². The zero-order chi connectivity index (χ0) is 12.2. The molecule has 17 heavy (non-hydrogen) atoms. The molecule has 90 valence electrons. The summed E-state index contributed by atoms with van der Waals surface area (Å²) in [5.41, 5.74) is 3.47. The Morgan fingerprint density at radius 1 is 1.53 bits per heavy atom. The second-order valence-corrected chi connectivity index (χ2v) is 5.71. The number of fused-ring (bicyclic) bond motifs is 3. The Balaban J connectivity index is 2.08. The van der Waals surface area contributed by atoms with Gasteiger partial charge in [-0.15, -0.1) is 0 Å². The Bertz CT molecular complexity index is 469. The third-order valence-corrected chi connectivity index (χ3v) is 4.55. The highest BCUT2D eigenvalue weighted by atomic mass is 16.6. The highest BCUT2D eigenvalue weighted by Gasteiger charge is 2.50. The van der Waals surface area contributed by atoms with Gasteiger partial charge in [-0.1, -0.05) is 31.2 Å². The number of allylic oxidation sites excluding steroid dienone is 3. The molecule has 0 bridgehead atoms. The smallest absolute Gasteiger partial charge is 0.334 e. The van der Waals surface area contributed by atoms with E-state index < -0.39 is 0 Å². The summed E-state index contributed by atoms with van der Waals surface area (Å²) >= 11 is 0. The predicted molar refractivity (Wildman–Crippen MR) is 66.3 cm³/mol. The van der Waals surface area contributed by atoms with Crippen molar-refractivity contribution in [3.8, 4) is 0 Å². The lowest BCUT2D eigenvalue weighted by atomic mass is 9.62. The van der Waals surface area contributed by atoms with Crippen LogP contribution in [0.25, 0.3) is 0 Å². The molecule has 1 saturated carbocycles. The van der Waals surface area contributed by atoms with Crippen molar-refractivity contribution >= 4 is 5.97 Å². The van der Waals surface area contributed by atoms with Gasteiger partial charge in [-0.25, -0.2) is 4.79 Å². The van der Waals surface area contributed by atoms with Gasteiger partial charge in [0.15, 0.2) is 0 Å². The molecule has 3 rings (SSSR count). The summed E-state index contributed by atoms with van der Waals surface area (Å²) in [6.45, 7) is 8.31. The van der Waals surface area contributed by atoms with Crippen molar-refractivity contribution in [3.63, 3.8) is 0 Å². The van der Waals surface area contributed by atoms with E-state index in [0.717, 1.165) is 19.3 Å². The molecule has 0 aromatic carbocycles. The van der Waals surface area contributed by atoms with Crippen molar-refractivity contribution in [2.75, 3.05) is 0 Å². The summed E-state index contributed by atoms with van der Waals surface area (Å²) in [5, 5.41) is 0. The number of esters is 1. The number of carbonyl (C=O) groups excluding carboxylic acids is 1. The fraction of sp³-hybridized carbons (Fsp3) is 0.533. The minimum Gasteiger partial charge on any atom is -0.454 e. The van der Waals surface area contributed by atoms with Crippen LogP contribution in [0.2, 0.25) is 0 Å². The van der Waals surface area contributed by atoms with E-state index in [9.17, 15) is 4.79 Å². The Hall–Kier alpha value is -1.31. The summed E-state index contributed by atoms with van der Waals surface area (Å²) in [4.78, 5) is 11.7. The topological polar surface area (TPSA) is 26.3 Å². The predicted octanol–water partition coefficient (Wildman–Crippen LogP) is 3.16. The van der Waals surface area contributed by atoms with Gasteiger partial charge in [0.05, 0.1) is 0 Å². The lowest BCUT2D eigenvalue weighted by Gasteiger charge is -2.42. The van der Waals surface area contributed by atoms with Gasteiger partial charge in [0.2, 0.25) is 0 Å². The number of rotatable bonds is 0. The van der Waals surface area contributed by atoms with Crippen LogP contribution in [0, 0.1) is 11.3 Å². The molecule has 0 radical (unpaired) electrons. The molecule has 2 nitrogen and oxygen atoms in total. The highest BCUT2D eigenvalue weighted by molar-refractivity contribution is 5.91. The minimum absolute atomic E-state index is 0.0429. The highest BCUT2D eigenvalue weighted by Crippen LogP contribution is 2.52. The first-order valence-corrected chi connectivity index (χ1v) is 6.30. The molecule has 1 aliphatic heterocycles. The maximum atomic E-state index is 11.7. The van der Waals surface area contributed by atoms with Gasteiger partial charge in [-0.2, -0.15) is 0 Å². The first kappa shape index (κ1) is 10.8. The van der Waals surface area contributed by atoms with Crippen LogP contribution < -0.4 is 0 Å². The molecule has 1 saturated heterocycles. The van der Waals surface area contributed by atoms with Gasteiger partial charge in [-0.05, 0) is 31.8 Å². The summed E-state index contributed by atoms with van der Waals surface area (Å²) < 4.78 is 5.55. The van der Waals surface area contributed by atoms with Gasteiger partial charge in [0.1, 0.15) is 6.10 Å². The van der Waals surface area contributed by atoms with E-state index in [4.69, 9.17) is 4.74 Å². The summed E-state index contributed by atoms with van der Waals surface area (Å²) in [6.07, 6.45) is 7.57. The second kappa shape index (κ2) is 3.34. The monoisotopic (exact) mass is 230 g/mol. The molecule has 0 amide bonds. The Morgan fingerprint density at radius 2 is 2.29 bits per heavy atom. The van der Waals surface area contributed by atoms with Crippen LogP contribution in [-0.4, -0.2) is 12.1 Å². The van der Waals surface area contributed by atoms with Crippen LogP contribution in [0.1, 0.15) is 33.1 Å². The van der Waals surface area contributed by atoms with Crippen LogP contribution in [0.15, 0.2) is 35.5 Å². The first-order valence-electron chi connectivity index (χ1n) is 6.30. The molecule has 0 spiro atoms. The van der Waals surface area contributed by atoms with Crippen LogP contribution >= 0.6 is 0 Å². The van der Waals surface area contributed by atoms with Gasteiger partial charge in [0, 0.05) is 16.9 Å². The standard InChI is InChI=1S/C15H18O2/c1-9-5-4-7-15(3)8-6-11-10(2)14(16)17-13(11)12(9)15/h4,7,11,13H,2,5-6,8H2,1,3H3/t11-,13-,15+/m0/s1. The zero-order valence-corrected chi connectivity index (χ0v) is 10.5. The maximum absolute atomic E-state index is 11.7. The van der Waals surface area contributed by atoms with Crippen molar-refractivity contribution in [3.05, 3.63) is 35.5 Å². The number of carbonyl (C=O) groups is 1. The summed E-state index contributed by atoms with van der Waals surface area (Å²) in [5.74, 6) is 0.0196. The molecule has 2 fully saturated rings. The van der Waals surface area contributed by atoms with E-state index in [0.29, 0.717) is 5.57 Å². The molecule has 1 heterocycles. The molecule has 0 unspecified atom stereocenters. The Labute approximate surface area is 102 Å². The first-order chi connectivity index (χ1) is 8.03. The molecule has 2 heteroatoms. The van der Waals surface area contributed by atoms with Gasteiger partial charge >= 0.3 is 5.97 Å². The Morgan fingerprint density at radius 3 is 3.06 bits per heavy atom. The molecule has 0 aromatic heterocycles. The van der Waals surface area contributed by atoms with Crippen LogP contribution in [0.4, 0.5) is 0 Å². The second-order valence-electron chi connectivity index (χ2n) is 5.71. The van der Waals surface area contributed by atoms with Crippen LogP contribution in [0.3, 0.4) is 0 Å². The van der Waals surface area contributed by atoms with E-state index in [-0.39, 0.29) is 23.4 Å². The molecule has 0 aromatic rings. The average Bonchev–Trinajstić information content (AvgIpc) is 2.54. The van der Waals surface area contributed by atoms with Crippen LogP contribution in [0.5, 0.6) is 0 Å². The van der Waals surface area contributed by atoms with Gasteiger partial charge in [0.25, 0.3) is 0 Å². The largest absolute Gasteiger partial charge is 0.454 e. The van der Waals surface area contributed by atoms with E-state index >= 15 is 0 Å². The quantitative estimate of drug-likeness (QED) is 0.363. The van der Waals surface area contributed by atoms with Crippen molar-refractivity contribution in [1.82, 2.24) is 0 Å². The fourth-order valence-corrected chi connectivity index (χ4v) is 3.62. The van der Waals surface area contributed by atoms with Crippen molar-refractivity contribution in [1.29, 1.82) is 0 Å². The summed E-state index contributed by atoms with van der Waals surface area (Å²) in [7, 11) is 0. The number of ether oxygens (including phenoxy) is 1. The number of hydrogen-bond acceptors (Lipinski definition) is 2. The molecule has 3 aliphatic rings. The number of hydrogen-bond donors (Lipinski definition) is 0. The zero-order valence-electron chi connectivity index (χ0n) is 10.5. The maximum Gasteiger partial charge on any atom is 0.334 e. The van der Waals surface area contributed by atoms with Gasteiger partial charge in [-0.3, -0.25) is 0 Å². The Kier molecular flexibility index (Phi) is 2.13. The van der Waals surface area contributed by atoms with Crippen LogP contribution in [-0.2, 0) is 9.53 Å². The van der Waals surface area contributed by atoms with Crippen molar-refractivity contribution < 1.29 is 9.53 Å². The lowest BCUT2D eigenvalue weighted by molar-refractivity contribution is -0.138. The molecule has 0 N–H and O–H groups in total. The van der Waals surface area contributed by atoms with Crippen molar-refractivity contribution in [2.24, 2.45) is 11.3 Å². The SMILES string of the molecule is C=C1C(=O)O[C@@H]2C3=C(C)CC=C[C@]3(C)CC[C@@H]12. The van der Waals surface area contributed by atoms with E-state index in [2.05, 4.69) is 32.6 Å². The third-order valence-electron chi connectivity index (χ3n) is 4.55. The molecular weight excluding hydrogens is 212 g/mol. The molecule has 3 atom stereocenters.